The van der Waals surface area contributed by atoms with Gasteiger partial charge in [0.25, 0.3) is 0 Å². The van der Waals surface area contributed by atoms with E-state index in [0.29, 0.717) is 12.4 Å². The van der Waals surface area contributed by atoms with Gasteiger partial charge in [-0.25, -0.2) is 9.55 Å². The van der Waals surface area contributed by atoms with Crippen LogP contribution < -0.4 is 0 Å². The number of hydrogen-bond donors (Lipinski definition) is 1. The quantitative estimate of drug-likeness (QED) is 0.613. The molecule has 0 spiro atoms. The molecule has 0 radical (unpaired) electrons. The molecule has 0 bridgehead atoms. The van der Waals surface area contributed by atoms with Gasteiger partial charge in [-0.05, 0) is 30.9 Å². The molecule has 2 rings (SSSR count). The Kier molecular flexibility index (Phi) is 3.93. The first kappa shape index (κ1) is 13.0. The number of hydrogen-bond acceptors (Lipinski definition) is 5. The number of rotatable bonds is 5. The molecule has 7 nitrogen and oxygen atoms in total. The summed E-state index contributed by atoms with van der Waals surface area (Å²) in [5.41, 5.74) is 0. The van der Waals surface area contributed by atoms with Crippen molar-refractivity contribution >= 4 is 5.82 Å². The summed E-state index contributed by atoms with van der Waals surface area (Å²) in [6.45, 7) is 4.49. The Bertz CT molecular complexity index is 426. The van der Waals surface area contributed by atoms with Crippen molar-refractivity contribution in [3.63, 3.8) is 0 Å². The van der Waals surface area contributed by atoms with Gasteiger partial charge in [-0.1, -0.05) is 0 Å². The standard InChI is InChI=1S/C11H18N4O3/c1-9-12-6-11(15(17)18)14(9)8-10(16)7-13-4-2-3-5-13/h6,10,16H,2-5,7-8H2,1H3. The Morgan fingerprint density at radius 2 is 2.17 bits per heavy atom. The number of nitro groups is 1. The Morgan fingerprint density at radius 3 is 2.78 bits per heavy atom. The lowest BCUT2D eigenvalue weighted by Crippen LogP contribution is -2.33. The lowest BCUT2D eigenvalue weighted by molar-refractivity contribution is -0.392. The molecule has 0 aliphatic carbocycles. The van der Waals surface area contributed by atoms with Crippen LogP contribution in [0.3, 0.4) is 0 Å². The van der Waals surface area contributed by atoms with Crippen LogP contribution in [-0.2, 0) is 6.54 Å². The van der Waals surface area contributed by atoms with Crippen LogP contribution in [0.4, 0.5) is 5.82 Å². The number of aromatic nitrogens is 2. The van der Waals surface area contributed by atoms with Crippen LogP contribution in [0, 0.1) is 17.0 Å². The van der Waals surface area contributed by atoms with Crippen molar-refractivity contribution in [2.45, 2.75) is 32.4 Å². The van der Waals surface area contributed by atoms with E-state index in [1.807, 2.05) is 0 Å². The van der Waals surface area contributed by atoms with Gasteiger partial charge in [0.05, 0.1) is 0 Å². The molecule has 1 fully saturated rings. The van der Waals surface area contributed by atoms with Gasteiger partial charge < -0.3 is 20.1 Å². The molecule has 1 saturated heterocycles. The minimum Gasteiger partial charge on any atom is -0.388 e. The lowest BCUT2D eigenvalue weighted by Gasteiger charge is -2.18. The van der Waals surface area contributed by atoms with Crippen molar-refractivity contribution < 1.29 is 10.0 Å². The fourth-order valence-electron chi connectivity index (χ4n) is 2.36. The number of aryl methyl sites for hydroxylation is 1. The van der Waals surface area contributed by atoms with Gasteiger partial charge in [0.15, 0.2) is 5.82 Å². The summed E-state index contributed by atoms with van der Waals surface area (Å²) in [6.07, 6.45) is 2.96. The smallest absolute Gasteiger partial charge is 0.342 e. The van der Waals surface area contributed by atoms with Crippen LogP contribution in [0.2, 0.25) is 0 Å². The summed E-state index contributed by atoms with van der Waals surface area (Å²) in [5.74, 6) is 0.496. The van der Waals surface area contributed by atoms with Crippen molar-refractivity contribution in [2.75, 3.05) is 19.6 Å². The second kappa shape index (κ2) is 5.45. The van der Waals surface area contributed by atoms with E-state index in [4.69, 9.17) is 0 Å². The zero-order valence-corrected chi connectivity index (χ0v) is 10.4. The van der Waals surface area contributed by atoms with Crippen LogP contribution in [-0.4, -0.2) is 50.2 Å². The van der Waals surface area contributed by atoms with E-state index >= 15 is 0 Å². The molecule has 1 aromatic rings. The molecule has 0 saturated carbocycles. The zero-order chi connectivity index (χ0) is 13.1. The molecule has 0 aromatic carbocycles. The second-order valence-electron chi connectivity index (χ2n) is 4.69. The number of nitrogens with zero attached hydrogens (tertiary/aromatic N) is 4. The third-order valence-corrected chi connectivity index (χ3v) is 3.28. The highest BCUT2D eigenvalue weighted by molar-refractivity contribution is 5.18. The minimum absolute atomic E-state index is 0.0621. The normalized spacial score (nSPS) is 18.1. The summed E-state index contributed by atoms with van der Waals surface area (Å²) < 4.78 is 1.46. The van der Waals surface area contributed by atoms with E-state index in [0.717, 1.165) is 25.9 Å². The predicted octanol–water partition coefficient (Wildman–Crippen LogP) is 0.556. The highest BCUT2D eigenvalue weighted by Crippen LogP contribution is 2.15. The molecule has 2 heterocycles. The van der Waals surface area contributed by atoms with Crippen LogP contribution in [0.1, 0.15) is 18.7 Å². The van der Waals surface area contributed by atoms with Crippen LogP contribution >= 0.6 is 0 Å². The molecule has 1 N–H and O–H groups in total. The lowest BCUT2D eigenvalue weighted by atomic mass is 10.3. The van der Waals surface area contributed by atoms with Crippen molar-refractivity contribution in [3.8, 4) is 0 Å². The van der Waals surface area contributed by atoms with Gasteiger partial charge >= 0.3 is 5.82 Å². The fourth-order valence-corrected chi connectivity index (χ4v) is 2.36. The molecule has 18 heavy (non-hydrogen) atoms. The minimum atomic E-state index is -0.602. The van der Waals surface area contributed by atoms with Crippen molar-refractivity contribution in [2.24, 2.45) is 0 Å². The maximum atomic E-state index is 10.8. The Labute approximate surface area is 105 Å². The van der Waals surface area contributed by atoms with E-state index in [9.17, 15) is 15.2 Å². The summed E-state index contributed by atoms with van der Waals surface area (Å²) >= 11 is 0. The summed E-state index contributed by atoms with van der Waals surface area (Å²) in [6, 6.07) is 0. The van der Waals surface area contributed by atoms with Crippen molar-refractivity contribution in [3.05, 3.63) is 22.1 Å². The molecule has 100 valence electrons. The fraction of sp³-hybridized carbons (Fsp3) is 0.727. The third-order valence-electron chi connectivity index (χ3n) is 3.28. The molecule has 1 atom stereocenters. The molecule has 1 unspecified atom stereocenters. The maximum absolute atomic E-state index is 10.8. The molecule has 1 aliphatic heterocycles. The highest BCUT2D eigenvalue weighted by Gasteiger charge is 2.22. The average Bonchev–Trinajstić information content (AvgIpc) is 2.90. The van der Waals surface area contributed by atoms with Gasteiger partial charge in [-0.3, -0.25) is 0 Å². The van der Waals surface area contributed by atoms with Crippen molar-refractivity contribution in [1.82, 2.24) is 14.5 Å². The number of imidazole rings is 1. The van der Waals surface area contributed by atoms with E-state index < -0.39 is 11.0 Å². The first-order valence-corrected chi connectivity index (χ1v) is 6.15. The Hall–Kier alpha value is -1.47. The predicted molar refractivity (Wildman–Crippen MR) is 65.3 cm³/mol. The number of β-amino-alcohol motifs (C(OH)–C–C–N with tert-alkyl or cyclic N) is 1. The van der Waals surface area contributed by atoms with E-state index in [2.05, 4.69) is 9.88 Å². The first-order valence-electron chi connectivity index (χ1n) is 6.15. The van der Waals surface area contributed by atoms with E-state index in [-0.39, 0.29) is 12.4 Å². The monoisotopic (exact) mass is 254 g/mol. The van der Waals surface area contributed by atoms with Crippen molar-refractivity contribution in [1.29, 1.82) is 0 Å². The first-order chi connectivity index (χ1) is 8.58. The Balaban J connectivity index is 1.99. The van der Waals surface area contributed by atoms with Gasteiger partial charge in [0.2, 0.25) is 0 Å². The van der Waals surface area contributed by atoms with Gasteiger partial charge in [-0.2, -0.15) is 0 Å². The van der Waals surface area contributed by atoms with Gasteiger partial charge in [-0.15, -0.1) is 0 Å². The number of likely N-dealkylation sites (tertiary alicyclic amines) is 1. The van der Waals surface area contributed by atoms with Crippen LogP contribution in [0.15, 0.2) is 6.20 Å². The number of aliphatic hydroxyl groups excluding tert-OH is 1. The summed E-state index contributed by atoms with van der Waals surface area (Å²) in [7, 11) is 0. The number of aliphatic hydroxyl groups is 1. The van der Waals surface area contributed by atoms with E-state index in [1.165, 1.54) is 10.8 Å². The van der Waals surface area contributed by atoms with Gasteiger partial charge in [0, 0.05) is 13.5 Å². The van der Waals surface area contributed by atoms with Crippen LogP contribution in [0.5, 0.6) is 0 Å². The maximum Gasteiger partial charge on any atom is 0.342 e. The zero-order valence-electron chi connectivity index (χ0n) is 10.4. The highest BCUT2D eigenvalue weighted by atomic mass is 16.6. The Morgan fingerprint density at radius 1 is 1.50 bits per heavy atom. The molecular weight excluding hydrogens is 236 g/mol. The average molecular weight is 254 g/mol. The van der Waals surface area contributed by atoms with E-state index in [1.54, 1.807) is 6.92 Å². The summed E-state index contributed by atoms with van der Waals surface area (Å²) in [4.78, 5) is 16.4. The largest absolute Gasteiger partial charge is 0.388 e. The molecule has 0 amide bonds. The second-order valence-corrected chi connectivity index (χ2v) is 4.69. The SMILES string of the molecule is Cc1ncc([N+](=O)[O-])n1CC(O)CN1CCCC1. The molecule has 1 aromatic heterocycles. The third kappa shape index (κ3) is 2.85. The molecule has 7 heteroatoms. The van der Waals surface area contributed by atoms with Gasteiger partial charge in [0.1, 0.15) is 18.8 Å². The molecular formula is C11H18N4O3. The van der Waals surface area contributed by atoms with Crippen LogP contribution in [0.25, 0.3) is 0 Å². The topological polar surface area (TPSA) is 84.4 Å². The molecule has 1 aliphatic rings. The summed E-state index contributed by atoms with van der Waals surface area (Å²) in [5, 5.41) is 20.8.